The zero-order valence-corrected chi connectivity index (χ0v) is 12.5. The van der Waals surface area contributed by atoms with Crippen molar-refractivity contribution in [1.82, 2.24) is 0 Å². The monoisotopic (exact) mass is 372 g/mol. The Labute approximate surface area is 121 Å². The first-order valence-electron chi connectivity index (χ1n) is 4.83. The van der Waals surface area contributed by atoms with E-state index < -0.39 is 0 Å². The van der Waals surface area contributed by atoms with Crippen LogP contribution >= 0.6 is 43.5 Å². The van der Waals surface area contributed by atoms with Crippen LogP contribution in [0, 0.1) is 0 Å². The van der Waals surface area contributed by atoms with Gasteiger partial charge in [-0.25, -0.2) is 0 Å². The number of hydrogen-bond donors (Lipinski definition) is 0. The molecule has 0 aliphatic carbocycles. The second-order valence-electron chi connectivity index (χ2n) is 3.46. The Morgan fingerprint density at radius 1 is 0.941 bits per heavy atom. The van der Waals surface area contributed by atoms with Crippen molar-refractivity contribution in [3.05, 3.63) is 67.6 Å². The van der Waals surface area contributed by atoms with E-state index in [0.717, 1.165) is 8.95 Å². The van der Waals surface area contributed by atoms with E-state index in [1.54, 1.807) is 30.3 Å². The van der Waals surface area contributed by atoms with Gasteiger partial charge in [-0.2, -0.15) is 0 Å². The van der Waals surface area contributed by atoms with Crippen LogP contribution in [0.5, 0.6) is 0 Å². The predicted octanol–water partition coefficient (Wildman–Crippen LogP) is 5.10. The Hall–Kier alpha value is -0.640. The van der Waals surface area contributed by atoms with E-state index >= 15 is 0 Å². The van der Waals surface area contributed by atoms with Crippen molar-refractivity contribution >= 4 is 49.2 Å². The molecule has 0 saturated carbocycles. The van der Waals surface area contributed by atoms with E-state index in [-0.39, 0.29) is 5.78 Å². The number of ketones is 1. The molecule has 0 fully saturated rings. The number of rotatable bonds is 2. The molecule has 0 N–H and O–H groups in total. The molecule has 0 aliphatic heterocycles. The summed E-state index contributed by atoms with van der Waals surface area (Å²) in [5.41, 5.74) is 1.23. The number of halogens is 3. The van der Waals surface area contributed by atoms with Gasteiger partial charge in [0, 0.05) is 20.1 Å². The smallest absolute Gasteiger partial charge is 0.193 e. The Morgan fingerprint density at radius 3 is 2.12 bits per heavy atom. The van der Waals surface area contributed by atoms with Crippen molar-refractivity contribution in [2.75, 3.05) is 0 Å². The molecule has 0 bridgehead atoms. The van der Waals surface area contributed by atoms with Crippen molar-refractivity contribution in [2.45, 2.75) is 0 Å². The highest BCUT2D eigenvalue weighted by atomic mass is 79.9. The van der Waals surface area contributed by atoms with Crippen molar-refractivity contribution < 1.29 is 4.79 Å². The van der Waals surface area contributed by atoms with E-state index in [1.165, 1.54) is 0 Å². The summed E-state index contributed by atoms with van der Waals surface area (Å²) in [7, 11) is 0. The lowest BCUT2D eigenvalue weighted by Crippen LogP contribution is -2.00. The van der Waals surface area contributed by atoms with E-state index in [0.29, 0.717) is 16.1 Å². The summed E-state index contributed by atoms with van der Waals surface area (Å²) in [6, 6.07) is 12.4. The molecule has 86 valence electrons. The molecular formula is C13H7Br2ClO. The number of benzene rings is 2. The fraction of sp³-hybridized carbons (Fsp3) is 0. The van der Waals surface area contributed by atoms with Crippen LogP contribution in [0.4, 0.5) is 0 Å². The molecule has 0 spiro atoms. The zero-order chi connectivity index (χ0) is 12.4. The molecule has 0 aliphatic rings. The molecule has 0 saturated heterocycles. The van der Waals surface area contributed by atoms with Crippen LogP contribution in [-0.2, 0) is 0 Å². The highest BCUT2D eigenvalue weighted by Gasteiger charge is 2.10. The zero-order valence-electron chi connectivity index (χ0n) is 8.58. The largest absolute Gasteiger partial charge is 0.289 e. The minimum Gasteiger partial charge on any atom is -0.289 e. The molecule has 2 rings (SSSR count). The first kappa shape index (κ1) is 12.8. The summed E-state index contributed by atoms with van der Waals surface area (Å²) in [6.45, 7) is 0. The van der Waals surface area contributed by atoms with Gasteiger partial charge in [-0.1, -0.05) is 27.5 Å². The number of carbonyl (C=O) groups excluding carboxylic acids is 1. The van der Waals surface area contributed by atoms with Gasteiger partial charge in [0.1, 0.15) is 0 Å². The second kappa shape index (κ2) is 5.34. The molecule has 0 atom stereocenters. The highest BCUT2D eigenvalue weighted by Crippen LogP contribution is 2.24. The van der Waals surface area contributed by atoms with Crippen LogP contribution in [0.25, 0.3) is 0 Å². The molecule has 0 heterocycles. The Morgan fingerprint density at radius 2 is 1.53 bits per heavy atom. The molecule has 0 amide bonds. The molecule has 4 heteroatoms. The van der Waals surface area contributed by atoms with Crippen molar-refractivity contribution in [1.29, 1.82) is 0 Å². The first-order chi connectivity index (χ1) is 8.08. The van der Waals surface area contributed by atoms with Crippen LogP contribution < -0.4 is 0 Å². The first-order valence-corrected chi connectivity index (χ1v) is 6.79. The molecule has 17 heavy (non-hydrogen) atoms. The minimum atomic E-state index is -0.0353. The van der Waals surface area contributed by atoms with Gasteiger partial charge in [-0.3, -0.25) is 4.79 Å². The molecule has 0 radical (unpaired) electrons. The molecular weight excluding hydrogens is 367 g/mol. The van der Waals surface area contributed by atoms with Gasteiger partial charge in [0.15, 0.2) is 5.78 Å². The summed E-state index contributed by atoms with van der Waals surface area (Å²) in [4.78, 5) is 12.1. The molecule has 1 nitrogen and oxygen atoms in total. The van der Waals surface area contributed by atoms with Crippen LogP contribution in [0.2, 0.25) is 5.02 Å². The lowest BCUT2D eigenvalue weighted by molar-refractivity contribution is 0.103. The Bertz CT molecular complexity index is 564. The fourth-order valence-electron chi connectivity index (χ4n) is 1.41. The highest BCUT2D eigenvalue weighted by molar-refractivity contribution is 9.10. The summed E-state index contributed by atoms with van der Waals surface area (Å²) >= 11 is 12.6. The van der Waals surface area contributed by atoms with E-state index in [9.17, 15) is 4.79 Å². The van der Waals surface area contributed by atoms with Crippen LogP contribution in [0.15, 0.2) is 51.4 Å². The van der Waals surface area contributed by atoms with E-state index in [2.05, 4.69) is 31.9 Å². The Kier molecular flexibility index (Phi) is 4.02. The maximum atomic E-state index is 12.1. The molecule has 2 aromatic carbocycles. The Balaban J connectivity index is 2.37. The normalized spacial score (nSPS) is 10.3. The van der Waals surface area contributed by atoms with Gasteiger partial charge in [0.05, 0.1) is 5.02 Å². The lowest BCUT2D eigenvalue weighted by Gasteiger charge is -2.03. The van der Waals surface area contributed by atoms with E-state index in [4.69, 9.17) is 11.6 Å². The summed E-state index contributed by atoms with van der Waals surface area (Å²) in [6.07, 6.45) is 0. The number of hydrogen-bond acceptors (Lipinski definition) is 1. The quantitative estimate of drug-likeness (QED) is 0.669. The summed E-state index contributed by atoms with van der Waals surface area (Å²) in [5.74, 6) is -0.0353. The fourth-order valence-corrected chi connectivity index (χ4v) is 2.10. The van der Waals surface area contributed by atoms with Gasteiger partial charge in [0.2, 0.25) is 0 Å². The van der Waals surface area contributed by atoms with Crippen LogP contribution in [0.3, 0.4) is 0 Å². The van der Waals surface area contributed by atoms with Gasteiger partial charge >= 0.3 is 0 Å². The molecule has 2 aromatic rings. The van der Waals surface area contributed by atoms with Gasteiger partial charge in [-0.05, 0) is 58.4 Å². The third-order valence-electron chi connectivity index (χ3n) is 2.29. The third kappa shape index (κ3) is 2.97. The SMILES string of the molecule is O=C(c1ccc(Br)cc1)c1ccc(Br)c(Cl)c1. The van der Waals surface area contributed by atoms with Crippen molar-refractivity contribution in [3.63, 3.8) is 0 Å². The van der Waals surface area contributed by atoms with Gasteiger partial charge in [0.25, 0.3) is 0 Å². The maximum Gasteiger partial charge on any atom is 0.193 e. The predicted molar refractivity (Wildman–Crippen MR) is 76.7 cm³/mol. The second-order valence-corrected chi connectivity index (χ2v) is 5.64. The van der Waals surface area contributed by atoms with Crippen molar-refractivity contribution in [3.8, 4) is 0 Å². The maximum absolute atomic E-state index is 12.1. The minimum absolute atomic E-state index is 0.0353. The average Bonchev–Trinajstić information content (AvgIpc) is 2.33. The van der Waals surface area contributed by atoms with Crippen LogP contribution in [-0.4, -0.2) is 5.78 Å². The summed E-state index contributed by atoms with van der Waals surface area (Å²) < 4.78 is 1.73. The van der Waals surface area contributed by atoms with Crippen molar-refractivity contribution in [2.24, 2.45) is 0 Å². The van der Waals surface area contributed by atoms with E-state index in [1.807, 2.05) is 12.1 Å². The average molecular weight is 374 g/mol. The standard InChI is InChI=1S/C13H7Br2ClO/c14-10-4-1-8(2-5-10)13(17)9-3-6-11(15)12(16)7-9/h1-7H. The molecule has 0 aromatic heterocycles. The lowest BCUT2D eigenvalue weighted by atomic mass is 10.0. The summed E-state index contributed by atoms with van der Waals surface area (Å²) in [5, 5.41) is 0.535. The molecule has 0 unspecified atom stereocenters. The topological polar surface area (TPSA) is 17.1 Å². The van der Waals surface area contributed by atoms with Crippen LogP contribution in [0.1, 0.15) is 15.9 Å². The third-order valence-corrected chi connectivity index (χ3v) is 4.05. The van der Waals surface area contributed by atoms with Gasteiger partial charge in [-0.15, -0.1) is 0 Å². The number of carbonyl (C=O) groups is 1. The van der Waals surface area contributed by atoms with Gasteiger partial charge < -0.3 is 0 Å².